The number of rotatable bonds is 10. The molecule has 1 heterocycles. The van der Waals surface area contributed by atoms with Crippen LogP contribution in [0.5, 0.6) is 0 Å². The average Bonchev–Trinajstić information content (AvgIpc) is 3.36. The Kier molecular flexibility index (Phi) is 6.22. The van der Waals surface area contributed by atoms with Crippen LogP contribution in [0.3, 0.4) is 0 Å². The largest absolute Gasteiger partial charge is 0.355 e. The van der Waals surface area contributed by atoms with Gasteiger partial charge >= 0.3 is 0 Å². The molecule has 1 aromatic heterocycles. The van der Waals surface area contributed by atoms with Gasteiger partial charge in [0.25, 0.3) is 0 Å². The van der Waals surface area contributed by atoms with Gasteiger partial charge in [0.2, 0.25) is 5.91 Å². The number of thiophene rings is 1. The van der Waals surface area contributed by atoms with E-state index in [2.05, 4.69) is 17.4 Å². The summed E-state index contributed by atoms with van der Waals surface area (Å²) in [6, 6.07) is 14.0. The molecule has 1 fully saturated rings. The number of hydrogen-bond acceptors (Lipinski definition) is 4. The van der Waals surface area contributed by atoms with Crippen LogP contribution in [0.15, 0.2) is 42.5 Å². The fourth-order valence-electron chi connectivity index (χ4n) is 3.20. The molecule has 1 N–H and O–H groups in total. The molecule has 2 aromatic rings. The van der Waals surface area contributed by atoms with Gasteiger partial charge in [0.1, 0.15) is 5.78 Å². The van der Waals surface area contributed by atoms with E-state index in [9.17, 15) is 14.4 Å². The van der Waals surface area contributed by atoms with Gasteiger partial charge in [-0.05, 0) is 37.5 Å². The lowest BCUT2D eigenvalue weighted by atomic mass is 9.96. The molecule has 1 amide bonds. The number of Topliss-reactive ketones (excluding diaryl/α,β-unsaturated/α-hetero) is 2. The van der Waals surface area contributed by atoms with Crippen molar-refractivity contribution in [3.05, 3.63) is 57.8 Å². The highest BCUT2D eigenvalue weighted by molar-refractivity contribution is 7.14. The molecule has 142 valence electrons. The number of hydrogen-bond donors (Lipinski definition) is 1. The van der Waals surface area contributed by atoms with Crippen molar-refractivity contribution >= 4 is 28.8 Å². The zero-order valence-electron chi connectivity index (χ0n) is 15.6. The Hall–Kier alpha value is -2.27. The Morgan fingerprint density at radius 3 is 2.30 bits per heavy atom. The van der Waals surface area contributed by atoms with Gasteiger partial charge in [-0.2, -0.15) is 0 Å². The third-order valence-corrected chi connectivity index (χ3v) is 6.18. The third kappa shape index (κ3) is 5.36. The standard InChI is InChI=1S/C22H25NO3S/c1-16-7-11-20(27-16)19(25)10-8-18(24)9-12-21(26)23-15-22(13-14-22)17-5-3-2-4-6-17/h2-7,11H,8-10,12-15H2,1H3,(H,23,26). The summed E-state index contributed by atoms with van der Waals surface area (Å²) in [6.45, 7) is 2.58. The molecule has 27 heavy (non-hydrogen) atoms. The first-order chi connectivity index (χ1) is 13.0. The Morgan fingerprint density at radius 2 is 1.67 bits per heavy atom. The number of carbonyl (C=O) groups excluding carboxylic acids is 3. The molecular formula is C22H25NO3S. The van der Waals surface area contributed by atoms with Crippen molar-refractivity contribution in [2.24, 2.45) is 0 Å². The van der Waals surface area contributed by atoms with Crippen molar-refractivity contribution in [1.29, 1.82) is 0 Å². The highest BCUT2D eigenvalue weighted by atomic mass is 32.1. The third-order valence-electron chi connectivity index (χ3n) is 5.14. The minimum absolute atomic E-state index is 0.00411. The average molecular weight is 384 g/mol. The number of nitrogens with one attached hydrogen (secondary N) is 1. The number of ketones is 2. The van der Waals surface area contributed by atoms with Crippen LogP contribution in [0.1, 0.15) is 58.6 Å². The summed E-state index contributed by atoms with van der Waals surface area (Å²) >= 11 is 1.45. The maximum Gasteiger partial charge on any atom is 0.220 e. The second kappa shape index (κ2) is 8.61. The molecule has 5 heteroatoms. The first-order valence-electron chi connectivity index (χ1n) is 9.42. The van der Waals surface area contributed by atoms with E-state index in [1.807, 2.05) is 31.2 Å². The second-order valence-corrected chi connectivity index (χ2v) is 8.58. The van der Waals surface area contributed by atoms with E-state index in [0.29, 0.717) is 11.4 Å². The van der Waals surface area contributed by atoms with Crippen molar-refractivity contribution in [1.82, 2.24) is 5.32 Å². The smallest absolute Gasteiger partial charge is 0.220 e. The number of carbonyl (C=O) groups is 3. The van der Waals surface area contributed by atoms with E-state index >= 15 is 0 Å². The zero-order chi connectivity index (χ0) is 19.3. The predicted molar refractivity (Wildman–Crippen MR) is 107 cm³/mol. The molecule has 4 nitrogen and oxygen atoms in total. The normalized spacial score (nSPS) is 14.6. The topological polar surface area (TPSA) is 63.2 Å². The van der Waals surface area contributed by atoms with Crippen molar-refractivity contribution in [3.8, 4) is 0 Å². The zero-order valence-corrected chi connectivity index (χ0v) is 16.4. The molecule has 1 saturated carbocycles. The molecule has 1 aromatic carbocycles. The van der Waals surface area contributed by atoms with Gasteiger partial charge in [-0.15, -0.1) is 11.3 Å². The first-order valence-corrected chi connectivity index (χ1v) is 10.2. The summed E-state index contributed by atoms with van der Waals surface area (Å²) in [5.41, 5.74) is 1.34. The second-order valence-electron chi connectivity index (χ2n) is 7.30. The van der Waals surface area contributed by atoms with Gasteiger partial charge in [0, 0.05) is 42.5 Å². The van der Waals surface area contributed by atoms with E-state index in [-0.39, 0.29) is 48.6 Å². The van der Waals surface area contributed by atoms with Crippen LogP contribution < -0.4 is 5.32 Å². The highest BCUT2D eigenvalue weighted by Crippen LogP contribution is 2.47. The minimum Gasteiger partial charge on any atom is -0.355 e. The molecule has 0 unspecified atom stereocenters. The van der Waals surface area contributed by atoms with Gasteiger partial charge < -0.3 is 5.32 Å². The van der Waals surface area contributed by atoms with Crippen molar-refractivity contribution in [2.75, 3.05) is 6.54 Å². The van der Waals surface area contributed by atoms with Crippen LogP contribution in [0.25, 0.3) is 0 Å². The summed E-state index contributed by atoms with van der Waals surface area (Å²) in [5.74, 6) is -0.119. The van der Waals surface area contributed by atoms with Gasteiger partial charge in [0.05, 0.1) is 4.88 Å². The molecule has 0 atom stereocenters. The van der Waals surface area contributed by atoms with Crippen molar-refractivity contribution in [3.63, 3.8) is 0 Å². The van der Waals surface area contributed by atoms with Crippen LogP contribution in [0.4, 0.5) is 0 Å². The monoisotopic (exact) mass is 383 g/mol. The van der Waals surface area contributed by atoms with Crippen LogP contribution in [-0.4, -0.2) is 24.0 Å². The SMILES string of the molecule is Cc1ccc(C(=O)CCC(=O)CCC(=O)NCC2(c3ccccc3)CC2)s1. The van der Waals surface area contributed by atoms with E-state index in [0.717, 1.165) is 17.7 Å². The fraction of sp³-hybridized carbons (Fsp3) is 0.409. The van der Waals surface area contributed by atoms with Gasteiger partial charge in [-0.3, -0.25) is 14.4 Å². The Labute approximate surface area is 164 Å². The number of benzene rings is 1. The molecule has 3 rings (SSSR count). The lowest BCUT2D eigenvalue weighted by Gasteiger charge is -2.16. The van der Waals surface area contributed by atoms with Crippen molar-refractivity contribution in [2.45, 2.75) is 50.9 Å². The van der Waals surface area contributed by atoms with Crippen LogP contribution in [0, 0.1) is 6.92 Å². The maximum atomic E-state index is 12.1. The molecular weight excluding hydrogens is 358 g/mol. The van der Waals surface area contributed by atoms with Crippen LogP contribution in [-0.2, 0) is 15.0 Å². The Balaban J connectivity index is 1.35. The van der Waals surface area contributed by atoms with E-state index in [1.165, 1.54) is 16.9 Å². The van der Waals surface area contributed by atoms with Crippen molar-refractivity contribution < 1.29 is 14.4 Å². The molecule has 0 aliphatic heterocycles. The molecule has 0 saturated heterocycles. The summed E-state index contributed by atoms with van der Waals surface area (Å²) in [5, 5.41) is 2.98. The Morgan fingerprint density at radius 1 is 0.963 bits per heavy atom. The van der Waals surface area contributed by atoms with E-state index in [1.54, 1.807) is 6.07 Å². The first kappa shape index (κ1) is 19.5. The van der Waals surface area contributed by atoms with Gasteiger partial charge in [0.15, 0.2) is 5.78 Å². The summed E-state index contributed by atoms with van der Waals surface area (Å²) < 4.78 is 0. The predicted octanol–water partition coefficient (Wildman–Crippen LogP) is 4.22. The summed E-state index contributed by atoms with van der Waals surface area (Å²) in [7, 11) is 0. The molecule has 1 aliphatic rings. The number of aryl methyl sites for hydroxylation is 1. The molecule has 0 radical (unpaired) electrons. The lowest BCUT2D eigenvalue weighted by Crippen LogP contribution is -2.32. The molecule has 1 aliphatic carbocycles. The number of amides is 1. The maximum absolute atomic E-state index is 12.1. The molecule has 0 bridgehead atoms. The summed E-state index contributed by atoms with van der Waals surface area (Å²) in [6.07, 6.45) is 2.98. The lowest BCUT2D eigenvalue weighted by molar-refractivity contribution is -0.125. The van der Waals surface area contributed by atoms with E-state index in [4.69, 9.17) is 0 Å². The van der Waals surface area contributed by atoms with Gasteiger partial charge in [-0.1, -0.05) is 30.3 Å². The van der Waals surface area contributed by atoms with Gasteiger partial charge in [-0.25, -0.2) is 0 Å². The quantitative estimate of drug-likeness (QED) is 0.625. The Bertz CT molecular complexity index is 821. The van der Waals surface area contributed by atoms with Crippen LogP contribution >= 0.6 is 11.3 Å². The summed E-state index contributed by atoms with van der Waals surface area (Å²) in [4.78, 5) is 37.9. The minimum atomic E-state index is -0.0919. The highest BCUT2D eigenvalue weighted by Gasteiger charge is 2.44. The van der Waals surface area contributed by atoms with E-state index < -0.39 is 0 Å². The van der Waals surface area contributed by atoms with Crippen LogP contribution in [0.2, 0.25) is 0 Å². The molecule has 0 spiro atoms. The fourth-order valence-corrected chi connectivity index (χ4v) is 4.04.